The Kier molecular flexibility index (Phi) is 5.16. The summed E-state index contributed by atoms with van der Waals surface area (Å²) in [7, 11) is 3.89. The molecule has 0 bridgehead atoms. The van der Waals surface area contributed by atoms with Gasteiger partial charge in [0, 0.05) is 26.8 Å². The minimum atomic E-state index is -0.326. The van der Waals surface area contributed by atoms with Crippen LogP contribution in [0.1, 0.15) is 24.4 Å². The maximum atomic E-state index is 12.9. The van der Waals surface area contributed by atoms with Gasteiger partial charge in [0.2, 0.25) is 0 Å². The Morgan fingerprint density at radius 2 is 2.08 bits per heavy atom. The van der Waals surface area contributed by atoms with Crippen molar-refractivity contribution in [1.29, 1.82) is 0 Å². The average Bonchev–Trinajstić information content (AvgIpc) is 3.11. The molecule has 6 heteroatoms. The second-order valence-electron chi connectivity index (χ2n) is 6.33. The van der Waals surface area contributed by atoms with Gasteiger partial charge in [0.25, 0.3) is 5.91 Å². The number of ether oxygens (including phenoxy) is 1. The van der Waals surface area contributed by atoms with Gasteiger partial charge in [-0.2, -0.15) is 0 Å². The maximum absolute atomic E-state index is 12.9. The van der Waals surface area contributed by atoms with Crippen molar-refractivity contribution in [2.24, 2.45) is 0 Å². The lowest BCUT2D eigenvalue weighted by atomic mass is 10.1. The summed E-state index contributed by atoms with van der Waals surface area (Å²) in [5.74, 6) is 0.978. The average molecular weight is 343 g/mol. The predicted octanol–water partition coefficient (Wildman–Crippen LogP) is 3.03. The Hall–Kier alpha value is -2.63. The van der Waals surface area contributed by atoms with E-state index < -0.39 is 0 Å². The third-order valence-electron chi connectivity index (χ3n) is 4.36. The standard InChI is InChI=1S/C19H22FN3O2/c1-22(2)18-12-14(9-10-21-18)17-4-3-11-23(17)19(24)13-25-16-7-5-15(20)6-8-16/h5-10,12,17H,3-4,11,13H2,1-2H3/t17-/m0/s1. The number of rotatable bonds is 5. The number of carbonyl (C=O) groups excluding carboxylic acids is 1. The topological polar surface area (TPSA) is 45.7 Å². The van der Waals surface area contributed by atoms with Gasteiger partial charge in [-0.05, 0) is 54.8 Å². The quantitative estimate of drug-likeness (QED) is 0.837. The van der Waals surface area contributed by atoms with E-state index in [1.54, 1.807) is 6.20 Å². The van der Waals surface area contributed by atoms with E-state index in [0.717, 1.165) is 30.8 Å². The fourth-order valence-electron chi connectivity index (χ4n) is 3.06. The van der Waals surface area contributed by atoms with Crippen LogP contribution in [0.5, 0.6) is 5.75 Å². The van der Waals surface area contributed by atoms with Gasteiger partial charge in [0.05, 0.1) is 6.04 Å². The lowest BCUT2D eigenvalue weighted by molar-refractivity contribution is -0.134. The molecule has 1 aliphatic heterocycles. The zero-order chi connectivity index (χ0) is 17.8. The highest BCUT2D eigenvalue weighted by Crippen LogP contribution is 2.33. The van der Waals surface area contributed by atoms with Crippen molar-refractivity contribution < 1.29 is 13.9 Å². The monoisotopic (exact) mass is 343 g/mol. The van der Waals surface area contributed by atoms with Gasteiger partial charge >= 0.3 is 0 Å². The molecular formula is C19H22FN3O2. The Bertz CT molecular complexity index is 734. The Morgan fingerprint density at radius 3 is 2.80 bits per heavy atom. The molecule has 0 radical (unpaired) electrons. The summed E-state index contributed by atoms with van der Waals surface area (Å²) in [6.07, 6.45) is 3.67. The van der Waals surface area contributed by atoms with Gasteiger partial charge in [-0.3, -0.25) is 4.79 Å². The maximum Gasteiger partial charge on any atom is 0.261 e. The lowest BCUT2D eigenvalue weighted by Gasteiger charge is -2.26. The molecule has 1 saturated heterocycles. The van der Waals surface area contributed by atoms with E-state index in [1.165, 1.54) is 24.3 Å². The van der Waals surface area contributed by atoms with E-state index in [1.807, 2.05) is 36.0 Å². The van der Waals surface area contributed by atoms with Crippen molar-refractivity contribution in [3.8, 4) is 5.75 Å². The second kappa shape index (κ2) is 7.51. The van der Waals surface area contributed by atoms with Crippen LogP contribution in [0, 0.1) is 5.82 Å². The number of anilines is 1. The molecule has 0 N–H and O–H groups in total. The van der Waals surface area contributed by atoms with Crippen LogP contribution < -0.4 is 9.64 Å². The van der Waals surface area contributed by atoms with E-state index in [9.17, 15) is 9.18 Å². The first-order valence-electron chi connectivity index (χ1n) is 8.35. The third kappa shape index (κ3) is 4.07. The van der Waals surface area contributed by atoms with Gasteiger partial charge in [0.1, 0.15) is 17.4 Å². The molecule has 2 heterocycles. The van der Waals surface area contributed by atoms with E-state index in [0.29, 0.717) is 5.75 Å². The zero-order valence-corrected chi connectivity index (χ0v) is 14.5. The molecule has 1 atom stereocenters. The first-order valence-corrected chi connectivity index (χ1v) is 8.35. The molecule has 5 nitrogen and oxygen atoms in total. The number of amides is 1. The summed E-state index contributed by atoms with van der Waals surface area (Å²) >= 11 is 0. The van der Waals surface area contributed by atoms with Crippen molar-refractivity contribution in [3.05, 3.63) is 54.0 Å². The fraction of sp³-hybridized carbons (Fsp3) is 0.368. The summed E-state index contributed by atoms with van der Waals surface area (Å²) in [4.78, 5) is 20.7. The Balaban J connectivity index is 1.67. The van der Waals surface area contributed by atoms with Crippen LogP contribution in [0.25, 0.3) is 0 Å². The summed E-state index contributed by atoms with van der Waals surface area (Å²) in [6.45, 7) is 0.670. The normalized spacial score (nSPS) is 16.8. The van der Waals surface area contributed by atoms with Crippen molar-refractivity contribution in [1.82, 2.24) is 9.88 Å². The molecule has 1 aromatic heterocycles. The smallest absolute Gasteiger partial charge is 0.261 e. The van der Waals surface area contributed by atoms with E-state index >= 15 is 0 Å². The minimum Gasteiger partial charge on any atom is -0.484 e. The molecule has 25 heavy (non-hydrogen) atoms. The fourth-order valence-corrected chi connectivity index (χ4v) is 3.06. The molecule has 0 saturated carbocycles. The molecule has 2 aromatic rings. The van der Waals surface area contributed by atoms with Crippen molar-refractivity contribution in [3.63, 3.8) is 0 Å². The van der Waals surface area contributed by atoms with Crippen molar-refractivity contribution in [2.45, 2.75) is 18.9 Å². The number of nitrogens with zero attached hydrogens (tertiary/aromatic N) is 3. The molecule has 0 unspecified atom stereocenters. The minimum absolute atomic E-state index is 0.0472. The number of hydrogen-bond acceptors (Lipinski definition) is 4. The molecule has 0 spiro atoms. The largest absolute Gasteiger partial charge is 0.484 e. The second-order valence-corrected chi connectivity index (χ2v) is 6.33. The highest BCUT2D eigenvalue weighted by molar-refractivity contribution is 5.78. The lowest BCUT2D eigenvalue weighted by Crippen LogP contribution is -2.34. The highest BCUT2D eigenvalue weighted by atomic mass is 19.1. The van der Waals surface area contributed by atoms with E-state index in [2.05, 4.69) is 4.98 Å². The van der Waals surface area contributed by atoms with Crippen LogP contribution >= 0.6 is 0 Å². The Labute approximate surface area is 147 Å². The number of pyridine rings is 1. The van der Waals surface area contributed by atoms with Crippen LogP contribution in [0.15, 0.2) is 42.6 Å². The van der Waals surface area contributed by atoms with E-state index in [4.69, 9.17) is 4.74 Å². The summed E-state index contributed by atoms with van der Waals surface area (Å²) < 4.78 is 18.4. The number of hydrogen-bond donors (Lipinski definition) is 0. The zero-order valence-electron chi connectivity index (χ0n) is 14.5. The summed E-state index contributed by atoms with van der Waals surface area (Å²) in [6, 6.07) is 9.72. The molecule has 1 aromatic carbocycles. The first kappa shape index (κ1) is 17.2. The number of halogens is 1. The molecule has 0 aliphatic carbocycles. The van der Waals surface area contributed by atoms with Gasteiger partial charge in [-0.15, -0.1) is 0 Å². The van der Waals surface area contributed by atoms with Gasteiger partial charge in [-0.1, -0.05) is 0 Å². The van der Waals surface area contributed by atoms with Crippen LogP contribution in [0.4, 0.5) is 10.2 Å². The molecule has 1 fully saturated rings. The predicted molar refractivity (Wildman–Crippen MR) is 94.1 cm³/mol. The number of likely N-dealkylation sites (tertiary alicyclic amines) is 1. The molecular weight excluding hydrogens is 321 g/mol. The number of carbonyl (C=O) groups is 1. The van der Waals surface area contributed by atoms with Gasteiger partial charge in [0.15, 0.2) is 6.61 Å². The molecule has 1 amide bonds. The number of benzene rings is 1. The van der Waals surface area contributed by atoms with Crippen molar-refractivity contribution in [2.75, 3.05) is 32.1 Å². The van der Waals surface area contributed by atoms with Crippen LogP contribution in [-0.4, -0.2) is 43.0 Å². The summed E-state index contributed by atoms with van der Waals surface area (Å²) in [5.41, 5.74) is 1.09. The molecule has 1 aliphatic rings. The summed E-state index contributed by atoms with van der Waals surface area (Å²) in [5, 5.41) is 0. The molecule has 132 valence electrons. The van der Waals surface area contributed by atoms with Crippen molar-refractivity contribution >= 4 is 11.7 Å². The van der Waals surface area contributed by atoms with Crippen LogP contribution in [-0.2, 0) is 4.79 Å². The SMILES string of the molecule is CN(C)c1cc([C@@H]2CCCN2C(=O)COc2ccc(F)cc2)ccn1. The van der Waals surface area contributed by atoms with E-state index in [-0.39, 0.29) is 24.4 Å². The third-order valence-corrected chi connectivity index (χ3v) is 4.36. The molecule has 3 rings (SSSR count). The van der Waals surface area contributed by atoms with Gasteiger partial charge in [-0.25, -0.2) is 9.37 Å². The highest BCUT2D eigenvalue weighted by Gasteiger charge is 2.30. The Morgan fingerprint density at radius 1 is 1.32 bits per heavy atom. The van der Waals surface area contributed by atoms with Crippen LogP contribution in [0.3, 0.4) is 0 Å². The first-order chi connectivity index (χ1) is 12.0. The van der Waals surface area contributed by atoms with Crippen LogP contribution in [0.2, 0.25) is 0 Å². The van der Waals surface area contributed by atoms with Gasteiger partial charge < -0.3 is 14.5 Å². The number of aromatic nitrogens is 1.